The Kier molecular flexibility index (Phi) is 5.06. The first-order valence-corrected chi connectivity index (χ1v) is 8.63. The van der Waals surface area contributed by atoms with Crippen molar-refractivity contribution in [3.05, 3.63) is 27.4 Å². The summed E-state index contributed by atoms with van der Waals surface area (Å²) in [4.78, 5) is 33.7. The molecule has 1 aromatic rings. The largest absolute Gasteiger partial charge is 0.333 e. The van der Waals surface area contributed by atoms with Crippen LogP contribution in [0.5, 0.6) is 0 Å². The summed E-state index contributed by atoms with van der Waals surface area (Å²) in [6.07, 6.45) is 2.05. The fraction of sp³-hybridized carbons (Fsp3) is 0.722. The molecule has 24 heavy (non-hydrogen) atoms. The highest BCUT2D eigenvalue weighted by Gasteiger charge is 2.29. The molecule has 1 aliphatic rings. The number of carbonyl (C=O) groups is 1. The van der Waals surface area contributed by atoms with Crippen molar-refractivity contribution in [1.82, 2.24) is 20.2 Å². The lowest BCUT2D eigenvalue weighted by Crippen LogP contribution is -2.52. The highest BCUT2D eigenvalue weighted by atomic mass is 16.2. The van der Waals surface area contributed by atoms with Crippen molar-refractivity contribution in [2.75, 3.05) is 13.1 Å². The Balaban J connectivity index is 2.06. The zero-order valence-electron chi connectivity index (χ0n) is 15.7. The molecule has 0 fully saturated rings. The normalized spacial score (nSPS) is 15.7. The summed E-state index contributed by atoms with van der Waals surface area (Å²) in [5.74, 6) is 0.628. The third kappa shape index (κ3) is 4.82. The number of nitrogens with one attached hydrogen (secondary N) is 2. The van der Waals surface area contributed by atoms with E-state index >= 15 is 0 Å². The summed E-state index contributed by atoms with van der Waals surface area (Å²) < 4.78 is 0. The van der Waals surface area contributed by atoms with Gasteiger partial charge in [-0.25, -0.2) is 9.78 Å². The molecule has 0 unspecified atom stereocenters. The van der Waals surface area contributed by atoms with Gasteiger partial charge in [-0.05, 0) is 39.0 Å². The van der Waals surface area contributed by atoms with Crippen LogP contribution in [0.4, 0.5) is 4.79 Å². The van der Waals surface area contributed by atoms with Gasteiger partial charge in [0.2, 0.25) is 0 Å². The van der Waals surface area contributed by atoms with Crippen LogP contribution in [0, 0.1) is 12.3 Å². The quantitative estimate of drug-likeness (QED) is 0.872. The van der Waals surface area contributed by atoms with Crippen LogP contribution in [0.15, 0.2) is 4.79 Å². The van der Waals surface area contributed by atoms with E-state index in [9.17, 15) is 9.59 Å². The monoisotopic (exact) mass is 334 g/mol. The number of hydrogen-bond donors (Lipinski definition) is 2. The van der Waals surface area contributed by atoms with Crippen LogP contribution >= 0.6 is 0 Å². The molecule has 0 atom stereocenters. The Morgan fingerprint density at radius 1 is 1.21 bits per heavy atom. The molecule has 2 amide bonds. The van der Waals surface area contributed by atoms with E-state index in [-0.39, 0.29) is 22.5 Å². The van der Waals surface area contributed by atoms with Gasteiger partial charge in [-0.1, -0.05) is 20.8 Å². The van der Waals surface area contributed by atoms with Gasteiger partial charge in [-0.3, -0.25) is 4.79 Å². The molecule has 2 heterocycles. The SMILES string of the molecule is Cc1nc2c(c(=O)[nH]1)CCN(C(=O)NC(C)(C)CC(C)(C)C)CC2. The molecule has 0 saturated carbocycles. The number of hydrogen-bond acceptors (Lipinski definition) is 3. The minimum absolute atomic E-state index is 0.0646. The maximum atomic E-state index is 12.7. The van der Waals surface area contributed by atoms with Gasteiger partial charge in [-0.2, -0.15) is 0 Å². The number of carbonyl (C=O) groups excluding carboxylic acids is 1. The number of urea groups is 1. The smallest absolute Gasteiger partial charge is 0.317 e. The van der Waals surface area contributed by atoms with Crippen LogP contribution in [0.1, 0.15) is 58.1 Å². The molecule has 0 aromatic carbocycles. The first kappa shape index (κ1) is 18.5. The van der Waals surface area contributed by atoms with E-state index < -0.39 is 0 Å². The van der Waals surface area contributed by atoms with E-state index in [1.807, 2.05) is 0 Å². The standard InChI is InChI=1S/C18H30N4O2/c1-12-19-14-8-10-22(9-7-13(14)15(23)20-12)16(24)21-18(5,6)11-17(2,3)4/h7-11H2,1-6H3,(H,21,24)(H,19,20,23). The van der Waals surface area contributed by atoms with Crippen molar-refractivity contribution in [1.29, 1.82) is 0 Å². The third-order valence-corrected chi connectivity index (χ3v) is 4.17. The molecule has 0 radical (unpaired) electrons. The van der Waals surface area contributed by atoms with E-state index in [0.717, 1.165) is 12.1 Å². The molecule has 0 spiro atoms. The van der Waals surface area contributed by atoms with Gasteiger partial charge in [-0.15, -0.1) is 0 Å². The van der Waals surface area contributed by atoms with Crippen LogP contribution in [0.25, 0.3) is 0 Å². The van der Waals surface area contributed by atoms with Crippen LogP contribution in [-0.2, 0) is 12.8 Å². The van der Waals surface area contributed by atoms with E-state index in [1.165, 1.54) is 0 Å². The molecule has 6 heteroatoms. The van der Waals surface area contributed by atoms with Crippen molar-refractivity contribution in [3.63, 3.8) is 0 Å². The van der Waals surface area contributed by atoms with Gasteiger partial charge in [0.1, 0.15) is 5.82 Å². The topological polar surface area (TPSA) is 78.1 Å². The fourth-order valence-corrected chi connectivity index (χ4v) is 3.67. The molecule has 0 bridgehead atoms. The van der Waals surface area contributed by atoms with Crippen molar-refractivity contribution in [3.8, 4) is 0 Å². The Morgan fingerprint density at radius 3 is 2.46 bits per heavy atom. The zero-order valence-corrected chi connectivity index (χ0v) is 15.7. The van der Waals surface area contributed by atoms with E-state index in [1.54, 1.807) is 11.8 Å². The van der Waals surface area contributed by atoms with Gasteiger partial charge in [0.15, 0.2) is 0 Å². The molecular formula is C18H30N4O2. The summed E-state index contributed by atoms with van der Waals surface area (Å²) in [5.41, 5.74) is 1.32. The molecule has 2 N–H and O–H groups in total. The molecule has 6 nitrogen and oxygen atoms in total. The Hall–Kier alpha value is -1.85. The molecule has 1 aliphatic heterocycles. The van der Waals surface area contributed by atoms with Gasteiger partial charge in [0, 0.05) is 30.6 Å². The summed E-state index contributed by atoms with van der Waals surface area (Å²) in [5, 5.41) is 3.14. The number of H-pyrrole nitrogens is 1. The van der Waals surface area contributed by atoms with Gasteiger partial charge < -0.3 is 15.2 Å². The number of aryl methyl sites for hydroxylation is 1. The second-order valence-corrected chi connectivity index (χ2v) is 8.62. The lowest BCUT2D eigenvalue weighted by atomic mass is 9.82. The van der Waals surface area contributed by atoms with Crippen LogP contribution in [0.2, 0.25) is 0 Å². The van der Waals surface area contributed by atoms with Gasteiger partial charge in [0.25, 0.3) is 5.56 Å². The molecule has 0 aliphatic carbocycles. The van der Waals surface area contributed by atoms with E-state index in [2.05, 4.69) is 49.9 Å². The summed E-state index contributed by atoms with van der Waals surface area (Å²) >= 11 is 0. The van der Waals surface area contributed by atoms with Crippen molar-refractivity contribution >= 4 is 6.03 Å². The lowest BCUT2D eigenvalue weighted by Gasteiger charge is -2.35. The number of amides is 2. The van der Waals surface area contributed by atoms with Crippen LogP contribution in [0.3, 0.4) is 0 Å². The molecule has 1 aromatic heterocycles. The predicted molar refractivity (Wildman–Crippen MR) is 95.3 cm³/mol. The molecular weight excluding hydrogens is 304 g/mol. The highest BCUT2D eigenvalue weighted by molar-refractivity contribution is 5.75. The number of aromatic nitrogens is 2. The second kappa shape index (κ2) is 6.57. The molecule has 0 saturated heterocycles. The Bertz CT molecular complexity index is 671. The molecule has 2 rings (SSSR count). The third-order valence-electron chi connectivity index (χ3n) is 4.17. The maximum Gasteiger partial charge on any atom is 0.317 e. The number of fused-ring (bicyclic) bond motifs is 1. The van der Waals surface area contributed by atoms with Crippen molar-refractivity contribution in [2.24, 2.45) is 5.41 Å². The number of aromatic amines is 1. The van der Waals surface area contributed by atoms with Crippen molar-refractivity contribution in [2.45, 2.75) is 66.3 Å². The fourth-order valence-electron chi connectivity index (χ4n) is 3.67. The van der Waals surface area contributed by atoms with Gasteiger partial charge >= 0.3 is 6.03 Å². The van der Waals surface area contributed by atoms with E-state index in [4.69, 9.17) is 0 Å². The van der Waals surface area contributed by atoms with E-state index in [0.29, 0.717) is 37.3 Å². The number of rotatable bonds is 2. The van der Waals surface area contributed by atoms with Crippen LogP contribution in [-0.4, -0.2) is 39.5 Å². The lowest BCUT2D eigenvalue weighted by molar-refractivity contribution is 0.176. The maximum absolute atomic E-state index is 12.7. The van der Waals surface area contributed by atoms with Crippen LogP contribution < -0.4 is 10.9 Å². The minimum atomic E-state index is -0.277. The first-order chi connectivity index (χ1) is 11.0. The zero-order chi connectivity index (χ0) is 18.1. The summed E-state index contributed by atoms with van der Waals surface area (Å²) in [7, 11) is 0. The highest BCUT2D eigenvalue weighted by Crippen LogP contribution is 2.27. The first-order valence-electron chi connectivity index (χ1n) is 8.63. The number of nitrogens with zero attached hydrogens (tertiary/aromatic N) is 2. The van der Waals surface area contributed by atoms with Gasteiger partial charge in [0.05, 0.1) is 5.69 Å². The average molecular weight is 334 g/mol. The molecule has 134 valence electrons. The second-order valence-electron chi connectivity index (χ2n) is 8.62. The summed E-state index contributed by atoms with van der Waals surface area (Å²) in [6.45, 7) is 13.5. The minimum Gasteiger partial charge on any atom is -0.333 e. The predicted octanol–water partition coefficient (Wildman–Crippen LogP) is 2.40. The Morgan fingerprint density at radius 2 is 1.83 bits per heavy atom. The Labute approximate surface area is 144 Å². The van der Waals surface area contributed by atoms with Crippen molar-refractivity contribution < 1.29 is 4.79 Å². The summed E-state index contributed by atoms with van der Waals surface area (Å²) in [6, 6.07) is -0.0646. The average Bonchev–Trinajstić information content (AvgIpc) is 2.57.